The Morgan fingerprint density at radius 3 is 2.71 bits per heavy atom. The minimum atomic E-state index is -0.413. The van der Waals surface area contributed by atoms with Crippen LogP contribution in [0.5, 0.6) is 11.5 Å². The Labute approximate surface area is 147 Å². The van der Waals surface area contributed by atoms with E-state index in [0.29, 0.717) is 27.3 Å². The highest BCUT2D eigenvalue weighted by molar-refractivity contribution is 7.22. The summed E-state index contributed by atoms with van der Waals surface area (Å²) in [5.74, 6) is 1.14. The zero-order valence-electron chi connectivity index (χ0n) is 12.9. The van der Waals surface area contributed by atoms with E-state index in [1.165, 1.54) is 18.4 Å². The summed E-state index contributed by atoms with van der Waals surface area (Å²) in [5, 5.41) is 6.55. The van der Waals surface area contributed by atoms with Gasteiger partial charge in [-0.25, -0.2) is 9.78 Å². The second kappa shape index (κ2) is 6.94. The van der Waals surface area contributed by atoms with Crippen LogP contribution in [-0.4, -0.2) is 25.2 Å². The van der Waals surface area contributed by atoms with E-state index in [-0.39, 0.29) is 0 Å². The van der Waals surface area contributed by atoms with Crippen molar-refractivity contribution in [3.05, 3.63) is 41.4 Å². The Balaban J connectivity index is 1.75. The lowest BCUT2D eigenvalue weighted by Gasteiger charge is -2.11. The molecule has 0 radical (unpaired) electrons. The minimum Gasteiger partial charge on any atom is -0.497 e. The standard InChI is InChI=1S/C16H14ClN3O3S/c1-22-10-4-6-11(13(8-10)23-2)18-15(21)20-16-19-12-5-3-9(17)7-14(12)24-16/h3-8H,1-2H3,(H2,18,19,20,21). The first-order valence-electron chi connectivity index (χ1n) is 6.95. The van der Waals surface area contributed by atoms with Crippen LogP contribution in [0.2, 0.25) is 5.02 Å². The monoisotopic (exact) mass is 363 g/mol. The van der Waals surface area contributed by atoms with Crippen LogP contribution in [0, 0.1) is 0 Å². The molecule has 0 aliphatic carbocycles. The smallest absolute Gasteiger partial charge is 0.325 e. The van der Waals surface area contributed by atoms with E-state index in [4.69, 9.17) is 21.1 Å². The quantitative estimate of drug-likeness (QED) is 0.709. The summed E-state index contributed by atoms with van der Waals surface area (Å²) >= 11 is 7.30. The largest absolute Gasteiger partial charge is 0.497 e. The predicted molar refractivity (Wildman–Crippen MR) is 96.8 cm³/mol. The van der Waals surface area contributed by atoms with Crippen molar-refractivity contribution in [1.82, 2.24) is 4.98 Å². The molecule has 3 rings (SSSR count). The second-order valence-electron chi connectivity index (χ2n) is 4.78. The van der Waals surface area contributed by atoms with Gasteiger partial charge in [-0.2, -0.15) is 0 Å². The van der Waals surface area contributed by atoms with Gasteiger partial charge in [-0.05, 0) is 30.3 Å². The van der Waals surface area contributed by atoms with Gasteiger partial charge >= 0.3 is 6.03 Å². The van der Waals surface area contributed by atoms with E-state index in [1.807, 2.05) is 12.1 Å². The van der Waals surface area contributed by atoms with E-state index in [9.17, 15) is 4.79 Å². The van der Waals surface area contributed by atoms with E-state index >= 15 is 0 Å². The van der Waals surface area contributed by atoms with Crippen molar-refractivity contribution in [3.63, 3.8) is 0 Å². The molecule has 24 heavy (non-hydrogen) atoms. The molecule has 0 fully saturated rings. The number of methoxy groups -OCH3 is 2. The van der Waals surface area contributed by atoms with Crippen molar-refractivity contribution in [1.29, 1.82) is 0 Å². The number of rotatable bonds is 4. The number of urea groups is 1. The molecule has 6 nitrogen and oxygen atoms in total. The number of nitrogens with one attached hydrogen (secondary N) is 2. The Hall–Kier alpha value is -2.51. The summed E-state index contributed by atoms with van der Waals surface area (Å²) in [7, 11) is 3.09. The van der Waals surface area contributed by atoms with Crippen LogP contribution in [0.25, 0.3) is 10.2 Å². The van der Waals surface area contributed by atoms with Gasteiger partial charge in [0.15, 0.2) is 5.13 Å². The minimum absolute atomic E-state index is 0.413. The van der Waals surface area contributed by atoms with Crippen LogP contribution in [0.1, 0.15) is 0 Å². The normalized spacial score (nSPS) is 10.5. The van der Waals surface area contributed by atoms with Crippen molar-refractivity contribution < 1.29 is 14.3 Å². The van der Waals surface area contributed by atoms with Crippen molar-refractivity contribution in [2.75, 3.05) is 24.9 Å². The third-order valence-corrected chi connectivity index (χ3v) is 4.40. The first-order valence-corrected chi connectivity index (χ1v) is 8.14. The summed E-state index contributed by atoms with van der Waals surface area (Å²) in [5.41, 5.74) is 1.31. The van der Waals surface area contributed by atoms with Crippen molar-refractivity contribution in [2.45, 2.75) is 0 Å². The third-order valence-electron chi connectivity index (χ3n) is 3.23. The van der Waals surface area contributed by atoms with E-state index < -0.39 is 6.03 Å². The maximum absolute atomic E-state index is 12.2. The fourth-order valence-electron chi connectivity index (χ4n) is 2.10. The van der Waals surface area contributed by atoms with Gasteiger partial charge in [-0.15, -0.1) is 0 Å². The Bertz CT molecular complexity index is 897. The molecule has 0 saturated heterocycles. The molecule has 1 aromatic heterocycles. The summed E-state index contributed by atoms with van der Waals surface area (Å²) in [6.07, 6.45) is 0. The molecule has 0 aliphatic heterocycles. The lowest BCUT2D eigenvalue weighted by atomic mass is 10.2. The fraction of sp³-hybridized carbons (Fsp3) is 0.125. The molecule has 0 bridgehead atoms. The summed E-state index contributed by atoms with van der Waals surface area (Å²) in [6, 6.07) is 10.1. The molecule has 0 aliphatic rings. The zero-order chi connectivity index (χ0) is 17.1. The number of carbonyl (C=O) groups excluding carboxylic acids is 1. The SMILES string of the molecule is COc1ccc(NC(=O)Nc2nc3ccc(Cl)cc3s2)c(OC)c1. The van der Waals surface area contributed by atoms with Gasteiger partial charge < -0.3 is 14.8 Å². The number of amides is 2. The number of carbonyl (C=O) groups is 1. The average molecular weight is 364 g/mol. The van der Waals surface area contributed by atoms with Crippen molar-refractivity contribution >= 4 is 50.0 Å². The number of hydrogen-bond acceptors (Lipinski definition) is 5. The van der Waals surface area contributed by atoms with Gasteiger partial charge in [0.05, 0.1) is 30.1 Å². The number of benzene rings is 2. The lowest BCUT2D eigenvalue weighted by Crippen LogP contribution is -2.19. The van der Waals surface area contributed by atoms with Crippen LogP contribution in [0.4, 0.5) is 15.6 Å². The molecule has 3 aromatic rings. The van der Waals surface area contributed by atoms with Crippen LogP contribution in [-0.2, 0) is 0 Å². The number of anilines is 2. The summed E-state index contributed by atoms with van der Waals surface area (Å²) < 4.78 is 11.3. The average Bonchev–Trinajstić information content (AvgIpc) is 2.96. The lowest BCUT2D eigenvalue weighted by molar-refractivity contribution is 0.262. The first-order chi connectivity index (χ1) is 11.6. The molecule has 8 heteroatoms. The topological polar surface area (TPSA) is 72.5 Å². The van der Waals surface area contributed by atoms with E-state index in [1.54, 1.807) is 31.4 Å². The van der Waals surface area contributed by atoms with Crippen LogP contribution < -0.4 is 20.1 Å². The number of fused-ring (bicyclic) bond motifs is 1. The summed E-state index contributed by atoms with van der Waals surface area (Å²) in [6.45, 7) is 0. The zero-order valence-corrected chi connectivity index (χ0v) is 14.5. The highest BCUT2D eigenvalue weighted by Gasteiger charge is 2.11. The van der Waals surface area contributed by atoms with Gasteiger partial charge in [0.1, 0.15) is 11.5 Å². The maximum atomic E-state index is 12.2. The van der Waals surface area contributed by atoms with Crippen LogP contribution in [0.3, 0.4) is 0 Å². The molecule has 2 N–H and O–H groups in total. The molecule has 0 saturated carbocycles. The molecule has 0 atom stereocenters. The molecule has 2 aromatic carbocycles. The fourth-order valence-corrected chi connectivity index (χ4v) is 3.24. The van der Waals surface area contributed by atoms with Crippen molar-refractivity contribution in [3.8, 4) is 11.5 Å². The van der Waals surface area contributed by atoms with Crippen molar-refractivity contribution in [2.24, 2.45) is 0 Å². The molecular weight excluding hydrogens is 350 g/mol. The molecule has 0 spiro atoms. The first kappa shape index (κ1) is 16.4. The highest BCUT2D eigenvalue weighted by Crippen LogP contribution is 2.30. The Morgan fingerprint density at radius 1 is 1.12 bits per heavy atom. The van der Waals surface area contributed by atoms with Crippen LogP contribution in [0.15, 0.2) is 36.4 Å². The predicted octanol–water partition coefficient (Wildman–Crippen LogP) is 4.61. The Kier molecular flexibility index (Phi) is 4.73. The Morgan fingerprint density at radius 2 is 1.96 bits per heavy atom. The van der Waals surface area contributed by atoms with Gasteiger partial charge in [0.2, 0.25) is 0 Å². The van der Waals surface area contributed by atoms with Gasteiger partial charge in [0.25, 0.3) is 0 Å². The number of nitrogens with zero attached hydrogens (tertiary/aromatic N) is 1. The van der Waals surface area contributed by atoms with E-state index in [2.05, 4.69) is 15.6 Å². The number of ether oxygens (including phenoxy) is 2. The van der Waals surface area contributed by atoms with Gasteiger partial charge in [-0.1, -0.05) is 22.9 Å². The molecule has 124 valence electrons. The third kappa shape index (κ3) is 3.52. The molecule has 0 unspecified atom stereocenters. The maximum Gasteiger partial charge on any atom is 0.325 e. The molecule has 1 heterocycles. The number of hydrogen-bond donors (Lipinski definition) is 2. The number of halogens is 1. The number of aromatic nitrogens is 1. The molecule has 2 amide bonds. The van der Waals surface area contributed by atoms with Gasteiger partial charge in [0, 0.05) is 11.1 Å². The van der Waals surface area contributed by atoms with Gasteiger partial charge in [-0.3, -0.25) is 5.32 Å². The van der Waals surface area contributed by atoms with E-state index in [0.717, 1.165) is 10.2 Å². The highest BCUT2D eigenvalue weighted by atomic mass is 35.5. The second-order valence-corrected chi connectivity index (χ2v) is 6.24. The number of thiazole rings is 1. The summed E-state index contributed by atoms with van der Waals surface area (Å²) in [4.78, 5) is 16.5. The van der Waals surface area contributed by atoms with Crippen LogP contribution >= 0.6 is 22.9 Å². The molecular formula is C16H14ClN3O3S.